The molecule has 0 unspecified atom stereocenters. The number of Topliss-reactive ketones (excluding diaryl/α,β-unsaturated/α-hetero) is 1. The number of halogens is 1. The molecule has 0 saturated carbocycles. The van der Waals surface area contributed by atoms with E-state index in [-0.39, 0.29) is 23.7 Å². The van der Waals surface area contributed by atoms with E-state index in [9.17, 15) is 18.8 Å². The van der Waals surface area contributed by atoms with Gasteiger partial charge >= 0.3 is 5.69 Å². The largest absolute Gasteiger partial charge is 0.384 e. The maximum Gasteiger partial charge on any atom is 0.332 e. The summed E-state index contributed by atoms with van der Waals surface area (Å²) in [6, 6.07) is 6.07. The Balaban J connectivity index is 2.29. The summed E-state index contributed by atoms with van der Waals surface area (Å²) in [7, 11) is 3.01. The lowest BCUT2D eigenvalue weighted by Crippen LogP contribution is -2.43. The SMILES string of the molecule is CCCn1c(N)c(C(=O)CN(C)Cc2cccc(F)c2)c(=O)n(C)c1=O. The third-order valence-corrected chi connectivity index (χ3v) is 4.06. The highest BCUT2D eigenvalue weighted by molar-refractivity contribution is 6.01. The van der Waals surface area contributed by atoms with E-state index in [0.717, 1.165) is 4.57 Å². The highest BCUT2D eigenvalue weighted by Gasteiger charge is 2.22. The molecule has 2 aromatic rings. The molecule has 1 aromatic carbocycles. The van der Waals surface area contributed by atoms with Crippen molar-refractivity contribution in [2.24, 2.45) is 7.05 Å². The molecule has 1 aromatic heterocycles. The Hall–Kier alpha value is -2.74. The Morgan fingerprint density at radius 2 is 2.00 bits per heavy atom. The molecule has 2 N–H and O–H groups in total. The number of aromatic nitrogens is 2. The lowest BCUT2D eigenvalue weighted by molar-refractivity contribution is 0.0941. The van der Waals surface area contributed by atoms with E-state index < -0.39 is 17.0 Å². The number of benzene rings is 1. The van der Waals surface area contributed by atoms with Crippen molar-refractivity contribution < 1.29 is 9.18 Å². The summed E-state index contributed by atoms with van der Waals surface area (Å²) < 4.78 is 15.4. The van der Waals surface area contributed by atoms with Gasteiger partial charge < -0.3 is 5.73 Å². The molecule has 1 heterocycles. The Morgan fingerprint density at radius 3 is 2.62 bits per heavy atom. The fourth-order valence-corrected chi connectivity index (χ4v) is 2.81. The lowest BCUT2D eigenvalue weighted by atomic mass is 10.1. The molecular weight excluding hydrogens is 339 g/mol. The van der Waals surface area contributed by atoms with Gasteiger partial charge in [-0.05, 0) is 31.2 Å². The second kappa shape index (κ2) is 8.09. The predicted molar refractivity (Wildman–Crippen MR) is 97.7 cm³/mol. The number of hydrogen-bond acceptors (Lipinski definition) is 5. The number of anilines is 1. The summed E-state index contributed by atoms with van der Waals surface area (Å²) in [5, 5.41) is 0. The molecule has 0 aliphatic heterocycles. The second-order valence-electron chi connectivity index (χ2n) is 6.28. The van der Waals surface area contributed by atoms with Gasteiger partial charge in [0.15, 0.2) is 5.78 Å². The first-order valence-electron chi connectivity index (χ1n) is 8.31. The van der Waals surface area contributed by atoms with Crippen molar-refractivity contribution in [2.45, 2.75) is 26.4 Å². The molecule has 0 amide bonds. The van der Waals surface area contributed by atoms with E-state index in [2.05, 4.69) is 0 Å². The van der Waals surface area contributed by atoms with Crippen LogP contribution in [0.15, 0.2) is 33.9 Å². The quantitative estimate of drug-likeness (QED) is 0.742. The van der Waals surface area contributed by atoms with Gasteiger partial charge in [0.1, 0.15) is 17.2 Å². The zero-order valence-electron chi connectivity index (χ0n) is 15.2. The first-order chi connectivity index (χ1) is 12.3. The van der Waals surface area contributed by atoms with Gasteiger partial charge in [-0.2, -0.15) is 0 Å². The Labute approximate surface area is 150 Å². The normalized spacial score (nSPS) is 11.1. The van der Waals surface area contributed by atoms with Crippen molar-refractivity contribution in [2.75, 3.05) is 19.3 Å². The maximum atomic E-state index is 13.3. The number of hydrogen-bond donors (Lipinski definition) is 1. The minimum Gasteiger partial charge on any atom is -0.384 e. The van der Waals surface area contributed by atoms with Crippen molar-refractivity contribution >= 4 is 11.6 Å². The number of carbonyl (C=O) groups is 1. The van der Waals surface area contributed by atoms with Crippen LogP contribution in [0.2, 0.25) is 0 Å². The number of nitrogens with two attached hydrogens (primary N) is 1. The third-order valence-electron chi connectivity index (χ3n) is 4.06. The van der Waals surface area contributed by atoms with Crippen LogP contribution in [0.3, 0.4) is 0 Å². The van der Waals surface area contributed by atoms with E-state index in [1.165, 1.54) is 23.7 Å². The topological polar surface area (TPSA) is 90.3 Å². The predicted octanol–water partition coefficient (Wildman–Crippen LogP) is 0.993. The minimum absolute atomic E-state index is 0.0831. The fraction of sp³-hybridized carbons (Fsp3) is 0.389. The second-order valence-corrected chi connectivity index (χ2v) is 6.28. The van der Waals surface area contributed by atoms with E-state index in [1.807, 2.05) is 6.92 Å². The van der Waals surface area contributed by atoms with E-state index in [4.69, 9.17) is 5.73 Å². The Morgan fingerprint density at radius 1 is 1.31 bits per heavy atom. The van der Waals surface area contributed by atoms with Crippen LogP contribution in [0, 0.1) is 5.82 Å². The summed E-state index contributed by atoms with van der Waals surface area (Å²) in [5.41, 5.74) is 5.22. The van der Waals surface area contributed by atoms with Gasteiger partial charge in [0.05, 0.1) is 6.54 Å². The molecule has 26 heavy (non-hydrogen) atoms. The molecule has 2 rings (SSSR count). The molecule has 140 valence electrons. The van der Waals surface area contributed by atoms with Crippen molar-refractivity contribution in [3.63, 3.8) is 0 Å². The van der Waals surface area contributed by atoms with Crippen LogP contribution in [0.1, 0.15) is 29.3 Å². The van der Waals surface area contributed by atoms with Crippen molar-refractivity contribution in [3.05, 3.63) is 62.0 Å². The van der Waals surface area contributed by atoms with Crippen LogP contribution < -0.4 is 17.0 Å². The standard InChI is InChI=1S/C18H23FN4O3/c1-4-8-23-16(20)15(17(25)22(3)18(23)26)14(24)11-21(2)10-12-6-5-7-13(19)9-12/h5-7,9H,4,8,10-11,20H2,1-3H3. The van der Waals surface area contributed by atoms with E-state index in [0.29, 0.717) is 25.1 Å². The van der Waals surface area contributed by atoms with Gasteiger partial charge in [0.2, 0.25) is 0 Å². The number of nitrogen functional groups attached to an aromatic ring is 1. The summed E-state index contributed by atoms with van der Waals surface area (Å²) in [4.78, 5) is 38.8. The first kappa shape index (κ1) is 19.6. The van der Waals surface area contributed by atoms with Gasteiger partial charge in [-0.3, -0.25) is 23.6 Å². The van der Waals surface area contributed by atoms with Crippen LogP contribution in [0.25, 0.3) is 0 Å². The van der Waals surface area contributed by atoms with Gasteiger partial charge in [-0.1, -0.05) is 19.1 Å². The van der Waals surface area contributed by atoms with Crippen LogP contribution in [0.4, 0.5) is 10.2 Å². The van der Waals surface area contributed by atoms with Crippen LogP contribution >= 0.6 is 0 Å². The summed E-state index contributed by atoms with van der Waals surface area (Å²) in [5.74, 6) is -0.942. The highest BCUT2D eigenvalue weighted by atomic mass is 19.1. The van der Waals surface area contributed by atoms with Gasteiger partial charge in [0, 0.05) is 20.1 Å². The molecule has 0 spiro atoms. The zero-order chi connectivity index (χ0) is 19.4. The Bertz CT molecular complexity index is 933. The highest BCUT2D eigenvalue weighted by Crippen LogP contribution is 2.10. The first-order valence-corrected chi connectivity index (χ1v) is 8.31. The number of carbonyl (C=O) groups excluding carboxylic acids is 1. The minimum atomic E-state index is -0.705. The molecule has 7 nitrogen and oxygen atoms in total. The van der Waals surface area contributed by atoms with E-state index >= 15 is 0 Å². The van der Waals surface area contributed by atoms with Crippen molar-refractivity contribution in [1.29, 1.82) is 0 Å². The Kier molecular flexibility index (Phi) is 6.10. The fourth-order valence-electron chi connectivity index (χ4n) is 2.81. The molecule has 0 atom stereocenters. The van der Waals surface area contributed by atoms with Crippen molar-refractivity contribution in [1.82, 2.24) is 14.0 Å². The number of nitrogens with zero attached hydrogens (tertiary/aromatic N) is 3. The van der Waals surface area contributed by atoms with Gasteiger partial charge in [-0.25, -0.2) is 9.18 Å². The summed E-state index contributed by atoms with van der Waals surface area (Å²) in [6.07, 6.45) is 0.634. The average Bonchev–Trinajstić information content (AvgIpc) is 2.57. The molecule has 0 aliphatic carbocycles. The monoisotopic (exact) mass is 362 g/mol. The molecule has 0 radical (unpaired) electrons. The number of ketones is 1. The lowest BCUT2D eigenvalue weighted by Gasteiger charge is -2.18. The average molecular weight is 362 g/mol. The molecule has 0 aliphatic rings. The summed E-state index contributed by atoms with van der Waals surface area (Å²) in [6.45, 7) is 2.43. The molecule has 8 heteroatoms. The van der Waals surface area contributed by atoms with Crippen LogP contribution in [-0.2, 0) is 20.1 Å². The van der Waals surface area contributed by atoms with Gasteiger partial charge in [-0.15, -0.1) is 0 Å². The van der Waals surface area contributed by atoms with Crippen molar-refractivity contribution in [3.8, 4) is 0 Å². The zero-order valence-corrected chi connectivity index (χ0v) is 15.2. The van der Waals surface area contributed by atoms with E-state index in [1.54, 1.807) is 24.1 Å². The third kappa shape index (κ3) is 4.08. The molecule has 0 fully saturated rings. The van der Waals surface area contributed by atoms with Crippen LogP contribution in [-0.4, -0.2) is 33.4 Å². The number of likely N-dealkylation sites (N-methyl/N-ethyl adjacent to an activating group) is 1. The maximum absolute atomic E-state index is 13.3. The molecule has 0 saturated heterocycles. The number of rotatable bonds is 7. The summed E-state index contributed by atoms with van der Waals surface area (Å²) >= 11 is 0. The molecular formula is C18H23FN4O3. The molecule has 0 bridgehead atoms. The van der Waals surface area contributed by atoms with Crippen LogP contribution in [0.5, 0.6) is 0 Å². The van der Waals surface area contributed by atoms with Gasteiger partial charge in [0.25, 0.3) is 5.56 Å². The smallest absolute Gasteiger partial charge is 0.332 e.